The molecule has 3 fully saturated rings. The fraction of sp³-hybridized carbons (Fsp3) is 0.667. The number of hydrogen-bond donors (Lipinski definition) is 0. The van der Waals surface area contributed by atoms with Gasteiger partial charge in [-0.25, -0.2) is 0 Å². The van der Waals surface area contributed by atoms with E-state index >= 15 is 0 Å². The second kappa shape index (κ2) is 4.85. The molecule has 3 atom stereocenters. The fourth-order valence-electron chi connectivity index (χ4n) is 3.98. The van der Waals surface area contributed by atoms with Gasteiger partial charge in [0.1, 0.15) is 0 Å². The number of rotatable bonds is 3. The average molecular weight is 274 g/mol. The van der Waals surface area contributed by atoms with Crippen LogP contribution in [0.25, 0.3) is 0 Å². The summed E-state index contributed by atoms with van der Waals surface area (Å²) < 4.78 is 12.5. The lowest BCUT2D eigenvalue weighted by Crippen LogP contribution is -2.60. The quantitative estimate of drug-likeness (QED) is 0.820. The Morgan fingerprint density at radius 2 is 1.90 bits per heavy atom. The monoisotopic (exact) mass is 274 g/mol. The molecular formula is C18H26O2. The summed E-state index contributed by atoms with van der Waals surface area (Å²) in [5, 5.41) is 0. The number of aryl methyl sites for hydroxylation is 1. The Hall–Kier alpha value is -0.860. The standard InChI is InChI=1S/C18H26O2/c1-13-5-7-14(8-6-13)12-19-16-11-18(4)10-9-15(16)17(2,3)20-18/h5-8,15-16H,9-12H2,1-4H3/t15-,16+,18+/m0/s1. The van der Waals surface area contributed by atoms with Crippen LogP contribution < -0.4 is 0 Å². The predicted molar refractivity (Wildman–Crippen MR) is 80.7 cm³/mol. The van der Waals surface area contributed by atoms with Gasteiger partial charge in [0.05, 0.1) is 23.9 Å². The summed E-state index contributed by atoms with van der Waals surface area (Å²) in [7, 11) is 0. The smallest absolute Gasteiger partial charge is 0.0720 e. The molecular weight excluding hydrogens is 248 g/mol. The summed E-state index contributed by atoms with van der Waals surface area (Å²) in [6.45, 7) is 9.51. The third-order valence-corrected chi connectivity index (χ3v) is 5.05. The molecule has 110 valence electrons. The van der Waals surface area contributed by atoms with Crippen LogP contribution >= 0.6 is 0 Å². The number of hydrogen-bond acceptors (Lipinski definition) is 2. The lowest BCUT2D eigenvalue weighted by molar-refractivity contribution is -0.273. The molecule has 0 unspecified atom stereocenters. The van der Waals surface area contributed by atoms with Crippen molar-refractivity contribution < 1.29 is 9.47 Å². The Morgan fingerprint density at radius 3 is 2.50 bits per heavy atom. The van der Waals surface area contributed by atoms with E-state index in [1.54, 1.807) is 0 Å². The normalized spacial score (nSPS) is 35.2. The molecule has 2 heteroatoms. The van der Waals surface area contributed by atoms with Gasteiger partial charge in [0.25, 0.3) is 0 Å². The topological polar surface area (TPSA) is 18.5 Å². The van der Waals surface area contributed by atoms with Gasteiger partial charge >= 0.3 is 0 Å². The summed E-state index contributed by atoms with van der Waals surface area (Å²) in [5.74, 6) is 0.523. The molecule has 1 saturated carbocycles. The van der Waals surface area contributed by atoms with Crippen LogP contribution in [-0.4, -0.2) is 17.3 Å². The van der Waals surface area contributed by atoms with Crippen LogP contribution in [0.2, 0.25) is 0 Å². The van der Waals surface area contributed by atoms with Crippen molar-refractivity contribution in [3.63, 3.8) is 0 Å². The molecule has 1 aromatic carbocycles. The molecule has 2 bridgehead atoms. The lowest BCUT2D eigenvalue weighted by Gasteiger charge is -2.57. The first-order valence-corrected chi connectivity index (χ1v) is 7.75. The van der Waals surface area contributed by atoms with Crippen molar-refractivity contribution in [1.29, 1.82) is 0 Å². The fourth-order valence-corrected chi connectivity index (χ4v) is 3.98. The summed E-state index contributed by atoms with van der Waals surface area (Å²) in [6.07, 6.45) is 3.76. The van der Waals surface area contributed by atoms with E-state index in [-0.39, 0.29) is 11.2 Å². The van der Waals surface area contributed by atoms with E-state index in [0.29, 0.717) is 18.6 Å². The molecule has 0 N–H and O–H groups in total. The first kappa shape index (κ1) is 14.1. The second-order valence-corrected chi connectivity index (χ2v) is 7.34. The molecule has 2 saturated heterocycles. The van der Waals surface area contributed by atoms with E-state index in [9.17, 15) is 0 Å². The van der Waals surface area contributed by atoms with Crippen LogP contribution in [-0.2, 0) is 16.1 Å². The Kier molecular flexibility index (Phi) is 3.42. The predicted octanol–water partition coefficient (Wildman–Crippen LogP) is 4.25. The van der Waals surface area contributed by atoms with Crippen LogP contribution in [0.4, 0.5) is 0 Å². The molecule has 3 aliphatic rings. The van der Waals surface area contributed by atoms with E-state index < -0.39 is 0 Å². The highest BCUT2D eigenvalue weighted by Gasteiger charge is 2.53. The van der Waals surface area contributed by atoms with Gasteiger partial charge in [-0.1, -0.05) is 29.8 Å². The van der Waals surface area contributed by atoms with Gasteiger partial charge in [0.15, 0.2) is 0 Å². The van der Waals surface area contributed by atoms with Crippen molar-refractivity contribution in [2.45, 2.75) is 70.9 Å². The molecule has 20 heavy (non-hydrogen) atoms. The number of benzene rings is 1. The highest BCUT2D eigenvalue weighted by atomic mass is 16.5. The maximum Gasteiger partial charge on any atom is 0.0720 e. The zero-order chi connectivity index (χ0) is 14.4. The Balaban J connectivity index is 1.67. The van der Waals surface area contributed by atoms with Crippen molar-refractivity contribution >= 4 is 0 Å². The third kappa shape index (κ3) is 2.64. The molecule has 4 rings (SSSR count). The highest BCUT2D eigenvalue weighted by Crippen LogP contribution is 2.50. The van der Waals surface area contributed by atoms with E-state index in [2.05, 4.69) is 52.0 Å². The van der Waals surface area contributed by atoms with Crippen LogP contribution in [0, 0.1) is 12.8 Å². The molecule has 0 radical (unpaired) electrons. The molecule has 2 nitrogen and oxygen atoms in total. The van der Waals surface area contributed by atoms with Crippen molar-refractivity contribution in [3.8, 4) is 0 Å². The zero-order valence-corrected chi connectivity index (χ0v) is 13.1. The largest absolute Gasteiger partial charge is 0.373 e. The minimum Gasteiger partial charge on any atom is -0.373 e. The summed E-state index contributed by atoms with van der Waals surface area (Å²) >= 11 is 0. The van der Waals surface area contributed by atoms with E-state index in [0.717, 1.165) is 6.42 Å². The van der Waals surface area contributed by atoms with Crippen LogP contribution in [0.15, 0.2) is 24.3 Å². The summed E-state index contributed by atoms with van der Waals surface area (Å²) in [6, 6.07) is 8.64. The van der Waals surface area contributed by atoms with E-state index in [1.807, 2.05) is 0 Å². The van der Waals surface area contributed by atoms with Crippen molar-refractivity contribution in [2.24, 2.45) is 5.92 Å². The molecule has 0 aromatic heterocycles. The van der Waals surface area contributed by atoms with E-state index in [4.69, 9.17) is 9.47 Å². The van der Waals surface area contributed by atoms with Gasteiger partial charge in [0.2, 0.25) is 0 Å². The van der Waals surface area contributed by atoms with Gasteiger partial charge < -0.3 is 9.47 Å². The van der Waals surface area contributed by atoms with Crippen molar-refractivity contribution in [2.75, 3.05) is 0 Å². The maximum atomic E-state index is 6.28. The van der Waals surface area contributed by atoms with Gasteiger partial charge in [-0.05, 0) is 46.1 Å². The van der Waals surface area contributed by atoms with Crippen molar-refractivity contribution in [3.05, 3.63) is 35.4 Å². The molecule has 0 amide bonds. The average Bonchev–Trinajstić information content (AvgIpc) is 2.36. The van der Waals surface area contributed by atoms with Gasteiger partial charge in [-0.15, -0.1) is 0 Å². The first-order chi connectivity index (χ1) is 9.38. The maximum absolute atomic E-state index is 6.28. The summed E-state index contributed by atoms with van der Waals surface area (Å²) in [4.78, 5) is 0. The summed E-state index contributed by atoms with van der Waals surface area (Å²) in [5.41, 5.74) is 2.52. The lowest BCUT2D eigenvalue weighted by atomic mass is 9.67. The Bertz CT molecular complexity index is 474. The molecule has 1 aliphatic carbocycles. The van der Waals surface area contributed by atoms with Gasteiger partial charge in [-0.2, -0.15) is 0 Å². The van der Waals surface area contributed by atoms with Crippen LogP contribution in [0.1, 0.15) is 51.2 Å². The van der Waals surface area contributed by atoms with Crippen LogP contribution in [0.3, 0.4) is 0 Å². The van der Waals surface area contributed by atoms with Crippen molar-refractivity contribution in [1.82, 2.24) is 0 Å². The minimum atomic E-state index is -0.0524. The molecule has 2 heterocycles. The number of fused-ring (bicyclic) bond motifs is 3. The van der Waals surface area contributed by atoms with E-state index in [1.165, 1.54) is 24.0 Å². The van der Waals surface area contributed by atoms with Gasteiger partial charge in [-0.3, -0.25) is 0 Å². The Morgan fingerprint density at radius 1 is 1.20 bits per heavy atom. The van der Waals surface area contributed by atoms with Gasteiger partial charge in [0, 0.05) is 12.3 Å². The molecule has 0 spiro atoms. The molecule has 1 aromatic rings. The Labute approximate surface area is 122 Å². The van der Waals surface area contributed by atoms with Crippen LogP contribution in [0.5, 0.6) is 0 Å². The number of ether oxygens (including phenoxy) is 2. The minimum absolute atomic E-state index is 0.0101. The zero-order valence-electron chi connectivity index (χ0n) is 13.1. The SMILES string of the molecule is Cc1ccc(CO[C@@H]2C[C@@]3(C)CC[C@@H]2C(C)(C)O3)cc1. The second-order valence-electron chi connectivity index (χ2n) is 7.34. The molecule has 2 aliphatic heterocycles. The third-order valence-electron chi connectivity index (χ3n) is 5.05. The highest BCUT2D eigenvalue weighted by molar-refractivity contribution is 5.20. The first-order valence-electron chi connectivity index (χ1n) is 7.75.